The minimum atomic E-state index is -0.510. The van der Waals surface area contributed by atoms with E-state index < -0.39 is 6.04 Å². The summed E-state index contributed by atoms with van der Waals surface area (Å²) in [6.07, 6.45) is 4.12. The number of rotatable bonds is 10. The highest BCUT2D eigenvalue weighted by atomic mass is 16.5. The van der Waals surface area contributed by atoms with E-state index >= 15 is 0 Å². The Labute approximate surface area is 193 Å². The van der Waals surface area contributed by atoms with Crippen LogP contribution in [0.1, 0.15) is 23.0 Å². The topological polar surface area (TPSA) is 95.9 Å². The second kappa shape index (κ2) is 11.1. The summed E-state index contributed by atoms with van der Waals surface area (Å²) in [6, 6.07) is 10.3. The molecule has 33 heavy (non-hydrogen) atoms. The fraction of sp³-hybridized carbons (Fsp3) is 0.333. The molecule has 0 aliphatic carbocycles. The summed E-state index contributed by atoms with van der Waals surface area (Å²) >= 11 is 0. The number of aryl methyl sites for hydroxylation is 1. The van der Waals surface area contributed by atoms with Crippen LogP contribution in [0.5, 0.6) is 23.0 Å². The third-order valence-electron chi connectivity index (χ3n) is 5.27. The summed E-state index contributed by atoms with van der Waals surface area (Å²) in [5, 5.41) is 5.93. The van der Waals surface area contributed by atoms with Crippen LogP contribution < -0.4 is 29.6 Å². The van der Waals surface area contributed by atoms with Crippen molar-refractivity contribution in [3.63, 3.8) is 0 Å². The first kappa shape index (κ1) is 23.8. The molecule has 176 valence electrons. The molecule has 0 spiro atoms. The van der Waals surface area contributed by atoms with E-state index in [1.807, 2.05) is 48.1 Å². The summed E-state index contributed by atoms with van der Waals surface area (Å²) in [6.45, 7) is 0.420. The molecule has 0 fully saturated rings. The van der Waals surface area contributed by atoms with Crippen LogP contribution in [0.4, 0.5) is 4.79 Å². The molecular formula is C24H30N4O5. The van der Waals surface area contributed by atoms with Gasteiger partial charge in [0.2, 0.25) is 0 Å². The van der Waals surface area contributed by atoms with Crippen molar-refractivity contribution in [2.45, 2.75) is 12.5 Å². The molecule has 9 nitrogen and oxygen atoms in total. The van der Waals surface area contributed by atoms with E-state index in [0.717, 1.165) is 11.1 Å². The van der Waals surface area contributed by atoms with Crippen LogP contribution in [-0.2, 0) is 13.5 Å². The summed E-state index contributed by atoms with van der Waals surface area (Å²) in [5.41, 5.74) is 1.75. The van der Waals surface area contributed by atoms with Crippen molar-refractivity contribution in [2.75, 3.05) is 35.0 Å². The Morgan fingerprint density at radius 2 is 1.67 bits per heavy atom. The van der Waals surface area contributed by atoms with E-state index in [0.29, 0.717) is 41.8 Å². The van der Waals surface area contributed by atoms with Crippen molar-refractivity contribution in [3.8, 4) is 23.0 Å². The Morgan fingerprint density at radius 1 is 0.970 bits per heavy atom. The van der Waals surface area contributed by atoms with Crippen molar-refractivity contribution in [1.29, 1.82) is 0 Å². The Kier molecular flexibility index (Phi) is 8.01. The van der Waals surface area contributed by atoms with Gasteiger partial charge in [0.05, 0.1) is 28.4 Å². The number of ether oxygens (including phenoxy) is 4. The number of imidazole rings is 1. The first-order chi connectivity index (χ1) is 16.0. The number of urea groups is 1. The number of carbonyl (C=O) groups is 1. The minimum absolute atomic E-state index is 0.322. The number of benzene rings is 2. The van der Waals surface area contributed by atoms with Crippen LogP contribution in [0.15, 0.2) is 48.8 Å². The van der Waals surface area contributed by atoms with Crippen molar-refractivity contribution in [3.05, 3.63) is 65.7 Å². The Morgan fingerprint density at radius 3 is 2.24 bits per heavy atom. The van der Waals surface area contributed by atoms with E-state index in [1.54, 1.807) is 40.7 Å². The summed E-state index contributed by atoms with van der Waals surface area (Å²) < 4.78 is 23.3. The van der Waals surface area contributed by atoms with Gasteiger partial charge in [0, 0.05) is 38.1 Å². The van der Waals surface area contributed by atoms with Gasteiger partial charge in [-0.25, -0.2) is 9.78 Å². The SMILES string of the molecule is COc1cc(OC)cc(C(NC(=O)NCCc2ccc(OC)cc2OC)c2nccn2C)c1. The maximum atomic E-state index is 12.8. The van der Waals surface area contributed by atoms with E-state index in [-0.39, 0.29) is 6.03 Å². The Hall–Kier alpha value is -3.88. The summed E-state index contributed by atoms with van der Waals surface area (Å²) in [5.74, 6) is 3.35. The van der Waals surface area contributed by atoms with Gasteiger partial charge in [0.1, 0.15) is 34.9 Å². The van der Waals surface area contributed by atoms with Crippen LogP contribution in [0.3, 0.4) is 0 Å². The molecule has 9 heteroatoms. The molecule has 0 aliphatic heterocycles. The highest BCUT2D eigenvalue weighted by molar-refractivity contribution is 5.75. The number of carbonyl (C=O) groups excluding carboxylic acids is 1. The average molecular weight is 455 g/mol. The minimum Gasteiger partial charge on any atom is -0.497 e. The predicted molar refractivity (Wildman–Crippen MR) is 124 cm³/mol. The van der Waals surface area contributed by atoms with Crippen molar-refractivity contribution in [1.82, 2.24) is 20.2 Å². The third-order valence-corrected chi connectivity index (χ3v) is 5.27. The standard InChI is InChI=1S/C24H30N4O5/c1-28-11-10-25-23(28)22(17-12-19(31-3)14-20(13-17)32-4)27-24(29)26-9-8-16-6-7-18(30-2)15-21(16)33-5/h6-7,10-15,22H,8-9H2,1-5H3,(H2,26,27,29). The molecule has 1 atom stereocenters. The van der Waals surface area contributed by atoms with E-state index in [2.05, 4.69) is 15.6 Å². The van der Waals surface area contributed by atoms with Gasteiger partial charge in [0.15, 0.2) is 0 Å². The van der Waals surface area contributed by atoms with Gasteiger partial charge in [-0.2, -0.15) is 0 Å². The van der Waals surface area contributed by atoms with E-state index in [4.69, 9.17) is 18.9 Å². The molecule has 2 aromatic carbocycles. The number of amides is 2. The van der Waals surface area contributed by atoms with Gasteiger partial charge >= 0.3 is 6.03 Å². The quantitative estimate of drug-likeness (QED) is 0.489. The van der Waals surface area contributed by atoms with Crippen molar-refractivity contribution in [2.24, 2.45) is 7.05 Å². The zero-order chi connectivity index (χ0) is 23.8. The molecule has 2 N–H and O–H groups in total. The number of nitrogens with zero attached hydrogens (tertiary/aromatic N) is 2. The molecule has 0 radical (unpaired) electrons. The lowest BCUT2D eigenvalue weighted by atomic mass is 10.1. The highest BCUT2D eigenvalue weighted by Gasteiger charge is 2.22. The van der Waals surface area contributed by atoms with Gasteiger partial charge in [-0.05, 0) is 35.7 Å². The average Bonchev–Trinajstić information content (AvgIpc) is 3.27. The Bertz CT molecular complexity index is 1060. The maximum Gasteiger partial charge on any atom is 0.315 e. The lowest BCUT2D eigenvalue weighted by Crippen LogP contribution is -2.40. The molecule has 2 amide bonds. The molecule has 1 heterocycles. The second-order valence-electron chi connectivity index (χ2n) is 7.30. The number of methoxy groups -OCH3 is 4. The number of nitrogens with one attached hydrogen (secondary N) is 2. The molecule has 3 rings (SSSR count). The predicted octanol–water partition coefficient (Wildman–Crippen LogP) is 3.09. The molecule has 0 saturated heterocycles. The first-order valence-electron chi connectivity index (χ1n) is 10.4. The lowest BCUT2D eigenvalue weighted by Gasteiger charge is -2.21. The van der Waals surface area contributed by atoms with Gasteiger partial charge in [-0.15, -0.1) is 0 Å². The molecule has 1 unspecified atom stereocenters. The smallest absolute Gasteiger partial charge is 0.315 e. The first-order valence-corrected chi connectivity index (χ1v) is 10.4. The third kappa shape index (κ3) is 5.88. The van der Waals surface area contributed by atoms with Crippen LogP contribution >= 0.6 is 0 Å². The van der Waals surface area contributed by atoms with E-state index in [1.165, 1.54) is 0 Å². The largest absolute Gasteiger partial charge is 0.497 e. The zero-order valence-corrected chi connectivity index (χ0v) is 19.5. The molecular weight excluding hydrogens is 424 g/mol. The monoisotopic (exact) mass is 454 g/mol. The normalized spacial score (nSPS) is 11.4. The second-order valence-corrected chi connectivity index (χ2v) is 7.30. The fourth-order valence-corrected chi connectivity index (χ4v) is 3.50. The highest BCUT2D eigenvalue weighted by Crippen LogP contribution is 2.29. The van der Waals surface area contributed by atoms with Crippen molar-refractivity contribution < 1.29 is 23.7 Å². The molecule has 0 aliphatic rings. The van der Waals surface area contributed by atoms with Gasteiger partial charge in [-0.1, -0.05) is 6.07 Å². The molecule has 1 aromatic heterocycles. The van der Waals surface area contributed by atoms with Gasteiger partial charge in [-0.3, -0.25) is 0 Å². The van der Waals surface area contributed by atoms with Crippen LogP contribution in [0, 0.1) is 0 Å². The van der Waals surface area contributed by atoms with Crippen LogP contribution in [-0.4, -0.2) is 50.6 Å². The van der Waals surface area contributed by atoms with Crippen LogP contribution in [0.25, 0.3) is 0 Å². The molecule has 0 saturated carbocycles. The van der Waals surface area contributed by atoms with E-state index in [9.17, 15) is 4.79 Å². The number of hydrogen-bond acceptors (Lipinski definition) is 6. The van der Waals surface area contributed by atoms with Gasteiger partial charge in [0.25, 0.3) is 0 Å². The molecule has 3 aromatic rings. The maximum absolute atomic E-state index is 12.8. The fourth-order valence-electron chi connectivity index (χ4n) is 3.50. The van der Waals surface area contributed by atoms with Crippen LogP contribution in [0.2, 0.25) is 0 Å². The Balaban J connectivity index is 1.74. The summed E-state index contributed by atoms with van der Waals surface area (Å²) in [7, 11) is 8.26. The zero-order valence-electron chi connectivity index (χ0n) is 19.5. The molecule has 0 bridgehead atoms. The number of hydrogen-bond donors (Lipinski definition) is 2. The lowest BCUT2D eigenvalue weighted by molar-refractivity contribution is 0.238. The van der Waals surface area contributed by atoms with Crippen molar-refractivity contribution >= 4 is 6.03 Å². The van der Waals surface area contributed by atoms with Gasteiger partial charge < -0.3 is 34.1 Å². The summed E-state index contributed by atoms with van der Waals surface area (Å²) in [4.78, 5) is 17.2. The number of aromatic nitrogens is 2.